The molecule has 0 aromatic heterocycles. The first kappa shape index (κ1) is 10.2. The van der Waals surface area contributed by atoms with Crippen LogP contribution in [0.25, 0.3) is 0 Å². The number of carboxylic acids is 1. The number of nitrogens with zero attached hydrogens (tertiary/aromatic N) is 1. The second-order valence-corrected chi connectivity index (χ2v) is 1.57. The third kappa shape index (κ3) is 119. The molecule has 0 aliphatic carbocycles. The van der Waals surface area contributed by atoms with E-state index in [0.29, 0.717) is 0 Å². The molecule has 0 N–H and O–H groups in total. The normalized spacial score (nSPS) is 6.38. The van der Waals surface area contributed by atoms with E-state index in [1.165, 1.54) is 0 Å². The number of hydrogen-bond donors (Lipinski definition) is 0. The molecule has 0 fully saturated rings. The fourth-order valence-corrected chi connectivity index (χ4v) is 0. The Morgan fingerprint density at radius 3 is 1.62 bits per heavy atom. The van der Waals surface area contributed by atoms with Crippen molar-refractivity contribution in [3.8, 4) is 0 Å². The first-order chi connectivity index (χ1) is 3.46. The van der Waals surface area contributed by atoms with Gasteiger partial charge in [0, 0.05) is 5.97 Å². The predicted octanol–water partition coefficient (Wildman–Crippen LogP) is -1.28. The number of aliphatic carboxylic acids is 1. The lowest BCUT2D eigenvalue weighted by Gasteiger charge is -1.77. The minimum absolute atomic E-state index is 0.972. The van der Waals surface area contributed by atoms with Crippen molar-refractivity contribution in [3.05, 3.63) is 0 Å². The molecule has 8 heavy (non-hydrogen) atoms. The first-order valence-corrected chi connectivity index (χ1v) is 2.12. The van der Waals surface area contributed by atoms with Crippen LogP contribution in [0.15, 0.2) is 0 Å². The van der Waals surface area contributed by atoms with Crippen LogP contribution in [0, 0.1) is 0 Å². The smallest absolute Gasteiger partial charge is 0.131 e. The van der Waals surface area contributed by atoms with Crippen molar-refractivity contribution in [2.75, 3.05) is 14.1 Å². The molecule has 48 valence electrons. The van der Waals surface area contributed by atoms with Gasteiger partial charge in [-0.3, -0.25) is 0 Å². The second-order valence-electron chi connectivity index (χ2n) is 1.57. The molecule has 0 heterocycles. The average molecular weight is 117 g/mol. The molecule has 0 amide bonds. The lowest BCUT2D eigenvalue weighted by atomic mass is 10.9. The van der Waals surface area contributed by atoms with E-state index in [9.17, 15) is 0 Å². The number of carbonyl (C=O) groups is 1. The van der Waals surface area contributed by atoms with Gasteiger partial charge < -0.3 is 9.90 Å². The largest absolute Gasteiger partial charge is 0.550 e. The standard InChI is InChI=1S/C3H8N.C2H4O2/c1-4(2)3;1-2(3)4/h1H2,2-3H3;1H3,(H,3,4)/q+1;/p-1. The maximum Gasteiger partial charge on any atom is 0.131 e. The highest BCUT2D eigenvalue weighted by Gasteiger charge is 1.54. The zero-order valence-corrected chi connectivity index (χ0v) is 5.47. The molecule has 0 unspecified atom stereocenters. The highest BCUT2D eigenvalue weighted by atomic mass is 16.4. The summed E-state index contributed by atoms with van der Waals surface area (Å²) in [5.74, 6) is -1.08. The van der Waals surface area contributed by atoms with Crippen molar-refractivity contribution >= 4 is 12.7 Å². The molecule has 0 atom stereocenters. The molecule has 3 nitrogen and oxygen atoms in total. The van der Waals surface area contributed by atoms with Gasteiger partial charge in [0.05, 0.1) is 0 Å². The summed E-state index contributed by atoms with van der Waals surface area (Å²) < 4.78 is 1.75. The fourth-order valence-electron chi connectivity index (χ4n) is 0. The first-order valence-electron chi connectivity index (χ1n) is 2.12. The Kier molecular flexibility index (Phi) is 7.82. The minimum Gasteiger partial charge on any atom is -0.550 e. The van der Waals surface area contributed by atoms with Crippen LogP contribution in [0.1, 0.15) is 6.92 Å². The number of rotatable bonds is 0. The predicted molar refractivity (Wildman–Crippen MR) is 29.9 cm³/mol. The van der Waals surface area contributed by atoms with Crippen molar-refractivity contribution in [3.63, 3.8) is 0 Å². The zero-order chi connectivity index (χ0) is 7.15. The van der Waals surface area contributed by atoms with Crippen LogP contribution in [-0.2, 0) is 4.79 Å². The van der Waals surface area contributed by atoms with Gasteiger partial charge in [0.2, 0.25) is 0 Å². The van der Waals surface area contributed by atoms with Crippen molar-refractivity contribution < 1.29 is 14.5 Å². The van der Waals surface area contributed by atoms with Gasteiger partial charge in [0.1, 0.15) is 20.8 Å². The van der Waals surface area contributed by atoms with Gasteiger partial charge in [-0.05, 0) is 6.92 Å². The number of hydrogen-bond acceptors (Lipinski definition) is 2. The molecule has 0 aromatic carbocycles. The quantitative estimate of drug-likeness (QED) is 0.293. The molecule has 0 saturated heterocycles. The van der Waals surface area contributed by atoms with E-state index >= 15 is 0 Å². The lowest BCUT2D eigenvalue weighted by molar-refractivity contribution is -0.454. The molecule has 0 aliphatic rings. The van der Waals surface area contributed by atoms with E-state index in [1.54, 1.807) is 4.58 Å². The van der Waals surface area contributed by atoms with Gasteiger partial charge >= 0.3 is 0 Å². The van der Waals surface area contributed by atoms with Gasteiger partial charge in [-0.2, -0.15) is 0 Å². The molecule has 3 heteroatoms. The highest BCUT2D eigenvalue weighted by Crippen LogP contribution is 1.31. The summed E-state index contributed by atoms with van der Waals surface area (Å²) in [5.41, 5.74) is 0. The molecule has 0 aliphatic heterocycles. The van der Waals surface area contributed by atoms with Gasteiger partial charge in [-0.25, -0.2) is 4.58 Å². The highest BCUT2D eigenvalue weighted by molar-refractivity contribution is 5.60. The van der Waals surface area contributed by atoms with E-state index in [-0.39, 0.29) is 0 Å². The van der Waals surface area contributed by atoms with Crippen LogP contribution in [0.3, 0.4) is 0 Å². The Labute approximate surface area is 49.3 Å². The summed E-state index contributed by atoms with van der Waals surface area (Å²) in [4.78, 5) is 8.89. The third-order valence-electron chi connectivity index (χ3n) is 0. The van der Waals surface area contributed by atoms with Gasteiger partial charge in [0.15, 0.2) is 0 Å². The second kappa shape index (κ2) is 6.14. The van der Waals surface area contributed by atoms with Crippen molar-refractivity contribution in [2.24, 2.45) is 0 Å². The summed E-state index contributed by atoms with van der Waals surface area (Å²) in [6.07, 6.45) is 0. The maximum atomic E-state index is 8.89. The maximum absolute atomic E-state index is 8.89. The topological polar surface area (TPSA) is 43.1 Å². The van der Waals surface area contributed by atoms with Crippen LogP contribution in [-0.4, -0.2) is 31.4 Å². The van der Waals surface area contributed by atoms with Crippen LogP contribution in [0.5, 0.6) is 0 Å². The zero-order valence-electron chi connectivity index (χ0n) is 5.47. The Hall–Kier alpha value is -0.860. The molecule has 0 rings (SSSR count). The van der Waals surface area contributed by atoms with E-state index in [0.717, 1.165) is 6.92 Å². The Balaban J connectivity index is 0. The summed E-state index contributed by atoms with van der Waals surface area (Å²) >= 11 is 0. The SMILES string of the molecule is C=[N+](C)C.CC(=O)[O-]. The van der Waals surface area contributed by atoms with E-state index in [2.05, 4.69) is 6.72 Å². The lowest BCUT2D eigenvalue weighted by Crippen LogP contribution is -2.16. The van der Waals surface area contributed by atoms with Crippen LogP contribution < -0.4 is 5.11 Å². The van der Waals surface area contributed by atoms with Crippen LogP contribution in [0.4, 0.5) is 0 Å². The van der Waals surface area contributed by atoms with E-state index in [1.807, 2.05) is 14.1 Å². The Morgan fingerprint density at radius 2 is 1.62 bits per heavy atom. The van der Waals surface area contributed by atoms with E-state index < -0.39 is 5.97 Å². The number of carbonyl (C=O) groups excluding carboxylic acids is 1. The summed E-state index contributed by atoms with van der Waals surface area (Å²) in [6, 6.07) is 0. The molecule has 0 spiro atoms. The van der Waals surface area contributed by atoms with Gasteiger partial charge in [-0.15, -0.1) is 0 Å². The Morgan fingerprint density at radius 1 is 1.62 bits per heavy atom. The van der Waals surface area contributed by atoms with Crippen molar-refractivity contribution in [1.82, 2.24) is 0 Å². The summed E-state index contributed by atoms with van der Waals surface area (Å²) in [5, 5.41) is 8.89. The average Bonchev–Trinajstić information content (AvgIpc) is 1.25. The molecule has 0 bridgehead atoms. The molecule has 0 aromatic rings. The fraction of sp³-hybridized carbons (Fsp3) is 0.600. The summed E-state index contributed by atoms with van der Waals surface area (Å²) in [6.45, 7) is 4.44. The summed E-state index contributed by atoms with van der Waals surface area (Å²) in [7, 11) is 3.78. The van der Waals surface area contributed by atoms with Crippen molar-refractivity contribution in [1.29, 1.82) is 0 Å². The van der Waals surface area contributed by atoms with Crippen molar-refractivity contribution in [2.45, 2.75) is 6.92 Å². The van der Waals surface area contributed by atoms with E-state index in [4.69, 9.17) is 9.90 Å². The number of carboxylic acid groups (broad SMARTS) is 1. The molecule has 0 radical (unpaired) electrons. The third-order valence-corrected chi connectivity index (χ3v) is 0. The van der Waals surface area contributed by atoms with Gasteiger partial charge in [0.25, 0.3) is 0 Å². The van der Waals surface area contributed by atoms with Gasteiger partial charge in [-0.1, -0.05) is 0 Å². The van der Waals surface area contributed by atoms with Crippen LogP contribution in [0.2, 0.25) is 0 Å². The minimum atomic E-state index is -1.08. The van der Waals surface area contributed by atoms with Crippen LogP contribution >= 0.6 is 0 Å². The monoisotopic (exact) mass is 117 g/mol. The molecular weight excluding hydrogens is 106 g/mol. The molecule has 0 saturated carbocycles. The molecular formula is C5H11NO2. The Bertz CT molecular complexity index is 68.4.